The van der Waals surface area contributed by atoms with Gasteiger partial charge in [-0.25, -0.2) is 0 Å². The minimum Gasteiger partial charge on any atom is -0.370 e. The quantitative estimate of drug-likeness (QED) is 0.829. The first-order chi connectivity index (χ1) is 9.97. The van der Waals surface area contributed by atoms with Gasteiger partial charge in [0.15, 0.2) is 0 Å². The summed E-state index contributed by atoms with van der Waals surface area (Å²) >= 11 is 1.47. The molecule has 7 heteroatoms. The molecule has 0 radical (unpaired) electrons. The highest BCUT2D eigenvalue weighted by atomic mass is 32.2. The van der Waals surface area contributed by atoms with Crippen molar-refractivity contribution >= 4 is 35.2 Å². The van der Waals surface area contributed by atoms with E-state index in [0.29, 0.717) is 5.75 Å². The Kier molecular flexibility index (Phi) is 4.85. The van der Waals surface area contributed by atoms with Crippen LogP contribution in [0.5, 0.6) is 0 Å². The average molecular weight is 307 g/mol. The van der Waals surface area contributed by atoms with Crippen molar-refractivity contribution in [2.24, 2.45) is 5.73 Å². The molecule has 1 aromatic carbocycles. The predicted molar refractivity (Wildman–Crippen MR) is 80.9 cm³/mol. The first kappa shape index (κ1) is 15.4. The largest absolute Gasteiger partial charge is 0.370 e. The molecule has 0 unspecified atom stereocenters. The van der Waals surface area contributed by atoms with Gasteiger partial charge < -0.3 is 16.0 Å². The van der Waals surface area contributed by atoms with E-state index in [2.05, 4.69) is 5.32 Å². The van der Waals surface area contributed by atoms with Gasteiger partial charge in [0.1, 0.15) is 6.54 Å². The summed E-state index contributed by atoms with van der Waals surface area (Å²) in [5, 5.41) is 2.67. The topological polar surface area (TPSA) is 92.5 Å². The number of nitrogens with zero attached hydrogens (tertiary/aromatic N) is 1. The fourth-order valence-corrected chi connectivity index (χ4v) is 3.08. The summed E-state index contributed by atoms with van der Waals surface area (Å²) in [6.45, 7) is 1.64. The van der Waals surface area contributed by atoms with E-state index in [1.807, 2.05) is 24.3 Å². The van der Waals surface area contributed by atoms with E-state index in [1.54, 1.807) is 6.92 Å². The van der Waals surface area contributed by atoms with Gasteiger partial charge in [0.2, 0.25) is 17.7 Å². The summed E-state index contributed by atoms with van der Waals surface area (Å²) in [5.74, 6) is -0.560. The summed E-state index contributed by atoms with van der Waals surface area (Å²) in [4.78, 5) is 37.3. The van der Waals surface area contributed by atoms with E-state index in [9.17, 15) is 14.4 Å². The van der Waals surface area contributed by atoms with Gasteiger partial charge in [-0.1, -0.05) is 12.1 Å². The predicted octanol–water partition coefficient (Wildman–Crippen LogP) is 0.505. The van der Waals surface area contributed by atoms with Gasteiger partial charge in [-0.15, -0.1) is 11.8 Å². The standard InChI is InChI=1S/C14H17N3O3S/c1-9(6-12(15)18)16-13(19)7-17-10-4-2-3-5-11(10)21-8-14(17)20/h2-5,9H,6-8H2,1H3,(H2,15,18)(H,16,19)/t9-/m0/s1. The van der Waals surface area contributed by atoms with Crippen LogP contribution in [-0.4, -0.2) is 36.1 Å². The van der Waals surface area contributed by atoms with Gasteiger partial charge in [-0.3, -0.25) is 14.4 Å². The molecular weight excluding hydrogens is 290 g/mol. The molecule has 0 saturated heterocycles. The number of hydrogen-bond acceptors (Lipinski definition) is 4. The second-order valence-corrected chi connectivity index (χ2v) is 5.89. The Hall–Kier alpha value is -2.02. The Morgan fingerprint density at radius 1 is 1.43 bits per heavy atom. The van der Waals surface area contributed by atoms with E-state index in [4.69, 9.17) is 5.73 Å². The molecule has 1 aromatic rings. The third-order valence-corrected chi connectivity index (χ3v) is 4.07. The number of carbonyl (C=O) groups is 3. The fraction of sp³-hybridized carbons (Fsp3) is 0.357. The second-order valence-electron chi connectivity index (χ2n) is 4.88. The summed E-state index contributed by atoms with van der Waals surface area (Å²) in [6, 6.07) is 7.12. The molecule has 112 valence electrons. The lowest BCUT2D eigenvalue weighted by Gasteiger charge is -2.28. The fourth-order valence-electron chi connectivity index (χ4n) is 2.14. The number of anilines is 1. The van der Waals surface area contributed by atoms with Gasteiger partial charge in [0, 0.05) is 17.4 Å². The lowest BCUT2D eigenvalue weighted by atomic mass is 10.2. The van der Waals surface area contributed by atoms with Crippen molar-refractivity contribution in [2.75, 3.05) is 17.2 Å². The van der Waals surface area contributed by atoms with Crippen LogP contribution in [-0.2, 0) is 14.4 Å². The van der Waals surface area contributed by atoms with Crippen molar-refractivity contribution in [1.29, 1.82) is 0 Å². The number of primary amides is 1. The summed E-state index contributed by atoms with van der Waals surface area (Å²) in [7, 11) is 0. The molecule has 0 aliphatic carbocycles. The van der Waals surface area contributed by atoms with Crippen LogP contribution in [0.2, 0.25) is 0 Å². The highest BCUT2D eigenvalue weighted by Crippen LogP contribution is 2.34. The number of rotatable bonds is 5. The van der Waals surface area contributed by atoms with Crippen LogP contribution in [0.25, 0.3) is 0 Å². The molecule has 0 spiro atoms. The van der Waals surface area contributed by atoms with Crippen LogP contribution in [0.3, 0.4) is 0 Å². The molecule has 0 saturated carbocycles. The van der Waals surface area contributed by atoms with Crippen LogP contribution < -0.4 is 16.0 Å². The van der Waals surface area contributed by atoms with E-state index in [0.717, 1.165) is 10.6 Å². The number of nitrogens with two attached hydrogens (primary N) is 1. The van der Waals surface area contributed by atoms with Gasteiger partial charge >= 0.3 is 0 Å². The zero-order chi connectivity index (χ0) is 15.4. The van der Waals surface area contributed by atoms with Crippen LogP contribution >= 0.6 is 11.8 Å². The van der Waals surface area contributed by atoms with Crippen molar-refractivity contribution in [1.82, 2.24) is 5.32 Å². The molecule has 1 heterocycles. The molecule has 6 nitrogen and oxygen atoms in total. The monoisotopic (exact) mass is 307 g/mol. The number of amides is 3. The molecule has 2 rings (SSSR count). The van der Waals surface area contributed by atoms with Crippen LogP contribution in [0.1, 0.15) is 13.3 Å². The number of para-hydroxylation sites is 1. The van der Waals surface area contributed by atoms with E-state index < -0.39 is 5.91 Å². The Morgan fingerprint density at radius 2 is 2.14 bits per heavy atom. The van der Waals surface area contributed by atoms with Crippen molar-refractivity contribution in [2.45, 2.75) is 24.3 Å². The van der Waals surface area contributed by atoms with Gasteiger partial charge in [0.25, 0.3) is 0 Å². The van der Waals surface area contributed by atoms with Crippen LogP contribution in [0.4, 0.5) is 5.69 Å². The number of benzene rings is 1. The van der Waals surface area contributed by atoms with E-state index in [-0.39, 0.29) is 30.8 Å². The second kappa shape index (κ2) is 6.62. The van der Waals surface area contributed by atoms with Crippen molar-refractivity contribution < 1.29 is 14.4 Å². The number of fused-ring (bicyclic) bond motifs is 1. The Bertz CT molecular complexity index is 576. The molecule has 1 aliphatic rings. The molecule has 3 N–H and O–H groups in total. The van der Waals surface area contributed by atoms with Crippen LogP contribution in [0.15, 0.2) is 29.2 Å². The zero-order valence-electron chi connectivity index (χ0n) is 11.7. The Labute approximate surface area is 127 Å². The average Bonchev–Trinajstić information content (AvgIpc) is 2.41. The number of thioether (sulfide) groups is 1. The number of hydrogen-bond donors (Lipinski definition) is 2. The number of nitrogens with one attached hydrogen (secondary N) is 1. The number of carbonyl (C=O) groups excluding carboxylic acids is 3. The first-order valence-corrected chi connectivity index (χ1v) is 7.56. The molecule has 1 aliphatic heterocycles. The molecule has 0 bridgehead atoms. The molecule has 3 amide bonds. The van der Waals surface area contributed by atoms with Crippen molar-refractivity contribution in [3.8, 4) is 0 Å². The normalized spacial score (nSPS) is 15.3. The van der Waals surface area contributed by atoms with Crippen molar-refractivity contribution in [3.63, 3.8) is 0 Å². The lowest BCUT2D eigenvalue weighted by Crippen LogP contribution is -2.46. The third kappa shape index (κ3) is 3.98. The molecule has 0 fully saturated rings. The maximum atomic E-state index is 12.0. The molecule has 1 atom stereocenters. The first-order valence-electron chi connectivity index (χ1n) is 6.57. The Morgan fingerprint density at radius 3 is 2.86 bits per heavy atom. The van der Waals surface area contributed by atoms with E-state index >= 15 is 0 Å². The van der Waals surface area contributed by atoms with Crippen molar-refractivity contribution in [3.05, 3.63) is 24.3 Å². The van der Waals surface area contributed by atoms with Gasteiger partial charge in [0.05, 0.1) is 11.4 Å². The van der Waals surface area contributed by atoms with Crippen LogP contribution in [0, 0.1) is 0 Å². The lowest BCUT2D eigenvalue weighted by molar-refractivity contribution is -0.124. The minimum atomic E-state index is -0.474. The minimum absolute atomic E-state index is 0.0560. The summed E-state index contributed by atoms with van der Waals surface area (Å²) in [6.07, 6.45) is 0.0755. The third-order valence-electron chi connectivity index (χ3n) is 3.02. The summed E-state index contributed by atoms with van der Waals surface area (Å²) in [5.41, 5.74) is 5.83. The SMILES string of the molecule is C[C@@H](CC(N)=O)NC(=O)CN1C(=O)CSc2ccccc21. The molecule has 0 aromatic heterocycles. The highest BCUT2D eigenvalue weighted by Gasteiger charge is 2.26. The molecular formula is C14H17N3O3S. The Balaban J connectivity index is 2.03. The van der Waals surface area contributed by atoms with Gasteiger partial charge in [-0.05, 0) is 19.1 Å². The maximum absolute atomic E-state index is 12.0. The van der Waals surface area contributed by atoms with E-state index in [1.165, 1.54) is 16.7 Å². The summed E-state index contributed by atoms with van der Waals surface area (Å²) < 4.78 is 0. The zero-order valence-corrected chi connectivity index (χ0v) is 12.5. The molecule has 21 heavy (non-hydrogen) atoms. The van der Waals surface area contributed by atoms with Gasteiger partial charge in [-0.2, -0.15) is 0 Å². The maximum Gasteiger partial charge on any atom is 0.240 e. The smallest absolute Gasteiger partial charge is 0.240 e. The highest BCUT2D eigenvalue weighted by molar-refractivity contribution is 8.00.